The lowest BCUT2D eigenvalue weighted by Crippen LogP contribution is -2.47. The number of carbonyl (C=O) groups is 1. The summed E-state index contributed by atoms with van der Waals surface area (Å²) < 4.78 is 5.74. The molecule has 0 aliphatic heterocycles. The maximum Gasteiger partial charge on any atom is 0.234 e. The van der Waals surface area contributed by atoms with Crippen molar-refractivity contribution in [1.29, 1.82) is 0 Å². The van der Waals surface area contributed by atoms with Crippen LogP contribution in [-0.2, 0) is 4.79 Å². The molecule has 4 nitrogen and oxygen atoms in total. The number of hydrogen-bond donors (Lipinski definition) is 1. The van der Waals surface area contributed by atoms with E-state index in [0.717, 1.165) is 17.7 Å². The van der Waals surface area contributed by atoms with Gasteiger partial charge in [0.1, 0.15) is 12.4 Å². The summed E-state index contributed by atoms with van der Waals surface area (Å²) in [5, 5.41) is 3.03. The average Bonchev–Trinajstić information content (AvgIpc) is 2.40. The van der Waals surface area contributed by atoms with Crippen LogP contribution in [0.15, 0.2) is 24.3 Å². The SMILES string of the molecule is CCC(C)(C)NC(=O)CN(C)CCOc1ccccc1C. The second-order valence-electron chi connectivity index (χ2n) is 6.14. The molecule has 1 aromatic rings. The molecule has 0 saturated carbocycles. The molecule has 0 fully saturated rings. The highest BCUT2D eigenvalue weighted by Gasteiger charge is 2.18. The normalized spacial score (nSPS) is 11.5. The van der Waals surface area contributed by atoms with Gasteiger partial charge in [0.05, 0.1) is 6.54 Å². The number of benzene rings is 1. The maximum absolute atomic E-state index is 11.9. The molecule has 4 heteroatoms. The summed E-state index contributed by atoms with van der Waals surface area (Å²) in [5.74, 6) is 0.961. The Morgan fingerprint density at radius 2 is 2.00 bits per heavy atom. The van der Waals surface area contributed by atoms with E-state index >= 15 is 0 Å². The van der Waals surface area contributed by atoms with E-state index < -0.39 is 0 Å². The maximum atomic E-state index is 11.9. The van der Waals surface area contributed by atoms with E-state index in [0.29, 0.717) is 19.7 Å². The van der Waals surface area contributed by atoms with Crippen LogP contribution in [0.3, 0.4) is 0 Å². The van der Waals surface area contributed by atoms with Crippen LogP contribution in [0, 0.1) is 6.92 Å². The Hall–Kier alpha value is -1.55. The number of amides is 1. The van der Waals surface area contributed by atoms with E-state index in [4.69, 9.17) is 4.74 Å². The average molecular weight is 292 g/mol. The minimum atomic E-state index is -0.143. The van der Waals surface area contributed by atoms with Crippen molar-refractivity contribution in [3.63, 3.8) is 0 Å². The van der Waals surface area contributed by atoms with Crippen molar-refractivity contribution >= 4 is 5.91 Å². The predicted molar refractivity (Wildman–Crippen MR) is 86.7 cm³/mol. The number of carbonyl (C=O) groups excluding carboxylic acids is 1. The molecule has 0 radical (unpaired) electrons. The Labute approximate surface area is 128 Å². The van der Waals surface area contributed by atoms with E-state index in [2.05, 4.69) is 12.2 Å². The zero-order chi connectivity index (χ0) is 15.9. The smallest absolute Gasteiger partial charge is 0.234 e. The van der Waals surface area contributed by atoms with Crippen molar-refractivity contribution in [1.82, 2.24) is 10.2 Å². The second-order valence-corrected chi connectivity index (χ2v) is 6.14. The summed E-state index contributed by atoms with van der Waals surface area (Å²) in [6.45, 7) is 9.85. The van der Waals surface area contributed by atoms with Gasteiger partial charge < -0.3 is 10.1 Å². The number of rotatable bonds is 8. The van der Waals surface area contributed by atoms with Gasteiger partial charge in [0, 0.05) is 12.1 Å². The minimum absolute atomic E-state index is 0.0558. The van der Waals surface area contributed by atoms with Crippen LogP contribution in [-0.4, -0.2) is 43.1 Å². The third-order valence-electron chi connectivity index (χ3n) is 3.60. The number of para-hydroxylation sites is 1. The highest BCUT2D eigenvalue weighted by molar-refractivity contribution is 5.78. The predicted octanol–water partition coefficient (Wildman–Crippen LogP) is 2.61. The molecule has 0 aromatic heterocycles. The van der Waals surface area contributed by atoms with Crippen molar-refractivity contribution in [2.75, 3.05) is 26.7 Å². The third kappa shape index (κ3) is 6.63. The molecule has 1 aromatic carbocycles. The summed E-state index contributed by atoms with van der Waals surface area (Å²) in [4.78, 5) is 13.9. The molecule has 0 saturated heterocycles. The fourth-order valence-corrected chi connectivity index (χ4v) is 1.86. The third-order valence-corrected chi connectivity index (χ3v) is 3.60. The standard InChI is InChI=1S/C17H28N2O2/c1-6-17(3,4)18-16(20)13-19(5)11-12-21-15-10-8-7-9-14(15)2/h7-10H,6,11-13H2,1-5H3,(H,18,20). The first-order valence-electron chi connectivity index (χ1n) is 7.52. The van der Waals surface area contributed by atoms with Gasteiger partial charge in [0.15, 0.2) is 0 Å². The Morgan fingerprint density at radius 3 is 2.62 bits per heavy atom. The molecule has 1 amide bonds. The number of aryl methyl sites for hydroxylation is 1. The molecule has 1 N–H and O–H groups in total. The number of ether oxygens (including phenoxy) is 1. The van der Waals surface area contributed by atoms with Gasteiger partial charge >= 0.3 is 0 Å². The van der Waals surface area contributed by atoms with Crippen LogP contribution < -0.4 is 10.1 Å². The molecule has 0 bridgehead atoms. The Bertz CT molecular complexity index is 458. The molecule has 0 heterocycles. The topological polar surface area (TPSA) is 41.6 Å². The number of hydrogen-bond acceptors (Lipinski definition) is 3. The Kier molecular flexibility index (Phi) is 6.69. The van der Waals surface area contributed by atoms with Gasteiger partial charge in [-0.05, 0) is 45.9 Å². The van der Waals surface area contributed by atoms with E-state index in [1.165, 1.54) is 0 Å². The minimum Gasteiger partial charge on any atom is -0.492 e. The first kappa shape index (κ1) is 17.5. The van der Waals surface area contributed by atoms with Crippen LogP contribution in [0.1, 0.15) is 32.8 Å². The molecular weight excluding hydrogens is 264 g/mol. The van der Waals surface area contributed by atoms with Crippen LogP contribution >= 0.6 is 0 Å². The molecule has 0 spiro atoms. The molecule has 21 heavy (non-hydrogen) atoms. The van der Waals surface area contributed by atoms with E-state index in [9.17, 15) is 4.79 Å². The Balaban J connectivity index is 2.30. The summed E-state index contributed by atoms with van der Waals surface area (Å²) in [7, 11) is 1.93. The van der Waals surface area contributed by atoms with Crippen molar-refractivity contribution in [3.8, 4) is 5.75 Å². The molecular formula is C17H28N2O2. The molecule has 0 aliphatic carbocycles. The van der Waals surface area contributed by atoms with Gasteiger partial charge in [-0.25, -0.2) is 0 Å². The van der Waals surface area contributed by atoms with Crippen molar-refractivity contribution in [2.24, 2.45) is 0 Å². The highest BCUT2D eigenvalue weighted by Crippen LogP contribution is 2.15. The lowest BCUT2D eigenvalue weighted by molar-refractivity contribution is -0.123. The van der Waals surface area contributed by atoms with Crippen molar-refractivity contribution in [2.45, 2.75) is 39.7 Å². The van der Waals surface area contributed by atoms with Gasteiger partial charge in [-0.1, -0.05) is 25.1 Å². The zero-order valence-corrected chi connectivity index (χ0v) is 13.9. The molecule has 0 atom stereocenters. The van der Waals surface area contributed by atoms with E-state index in [1.54, 1.807) is 0 Å². The Morgan fingerprint density at radius 1 is 1.33 bits per heavy atom. The summed E-state index contributed by atoms with van der Waals surface area (Å²) in [6.07, 6.45) is 0.916. The molecule has 0 aliphatic rings. The monoisotopic (exact) mass is 292 g/mol. The quantitative estimate of drug-likeness (QED) is 0.801. The summed E-state index contributed by atoms with van der Waals surface area (Å²) in [5.41, 5.74) is 0.984. The van der Waals surface area contributed by atoms with Crippen molar-refractivity contribution < 1.29 is 9.53 Å². The van der Waals surface area contributed by atoms with Crippen LogP contribution in [0.2, 0.25) is 0 Å². The fourth-order valence-electron chi connectivity index (χ4n) is 1.86. The van der Waals surface area contributed by atoms with Gasteiger partial charge in [0.25, 0.3) is 0 Å². The van der Waals surface area contributed by atoms with Crippen molar-refractivity contribution in [3.05, 3.63) is 29.8 Å². The number of nitrogens with zero attached hydrogens (tertiary/aromatic N) is 1. The number of likely N-dealkylation sites (N-methyl/N-ethyl adjacent to an activating group) is 1. The largest absolute Gasteiger partial charge is 0.492 e. The first-order valence-corrected chi connectivity index (χ1v) is 7.52. The second kappa shape index (κ2) is 8.03. The summed E-state index contributed by atoms with van der Waals surface area (Å²) in [6, 6.07) is 7.95. The molecule has 118 valence electrons. The van der Waals surface area contributed by atoms with E-state index in [-0.39, 0.29) is 11.4 Å². The number of nitrogens with one attached hydrogen (secondary N) is 1. The molecule has 0 unspecified atom stereocenters. The molecule has 1 rings (SSSR count). The van der Waals surface area contributed by atoms with Gasteiger partial charge in [-0.3, -0.25) is 9.69 Å². The zero-order valence-electron chi connectivity index (χ0n) is 13.9. The first-order chi connectivity index (χ1) is 9.84. The van der Waals surface area contributed by atoms with Gasteiger partial charge in [-0.15, -0.1) is 0 Å². The van der Waals surface area contributed by atoms with E-state index in [1.807, 2.05) is 57.0 Å². The van der Waals surface area contributed by atoms with Gasteiger partial charge in [-0.2, -0.15) is 0 Å². The van der Waals surface area contributed by atoms with Crippen LogP contribution in [0.5, 0.6) is 5.75 Å². The fraction of sp³-hybridized carbons (Fsp3) is 0.588. The highest BCUT2D eigenvalue weighted by atomic mass is 16.5. The van der Waals surface area contributed by atoms with Gasteiger partial charge in [0.2, 0.25) is 5.91 Å². The lowest BCUT2D eigenvalue weighted by Gasteiger charge is -2.26. The van der Waals surface area contributed by atoms with Crippen LogP contribution in [0.4, 0.5) is 0 Å². The van der Waals surface area contributed by atoms with Crippen LogP contribution in [0.25, 0.3) is 0 Å². The lowest BCUT2D eigenvalue weighted by atomic mass is 10.0. The summed E-state index contributed by atoms with van der Waals surface area (Å²) >= 11 is 0.